The molecule has 0 saturated heterocycles. The third-order valence-corrected chi connectivity index (χ3v) is 5.04. The smallest absolute Gasteiger partial charge is 0.321 e. The lowest BCUT2D eigenvalue weighted by Crippen LogP contribution is -2.22. The number of benzene rings is 1. The zero-order valence-electron chi connectivity index (χ0n) is 11.3. The maximum absolute atomic E-state index is 13.0. The Hall–Kier alpha value is -0.713. The van der Waals surface area contributed by atoms with E-state index in [0.29, 0.717) is 0 Å². The van der Waals surface area contributed by atoms with Crippen molar-refractivity contribution in [3.05, 3.63) is 35.6 Å². The molecule has 0 aliphatic heterocycles. The number of rotatable bonds is 9. The summed E-state index contributed by atoms with van der Waals surface area (Å²) in [5.41, 5.74) is 1.07. The summed E-state index contributed by atoms with van der Waals surface area (Å²) in [7, 11) is -1.44. The van der Waals surface area contributed by atoms with Gasteiger partial charge in [-0.3, -0.25) is 0 Å². The second-order valence-corrected chi connectivity index (χ2v) is 6.32. The highest BCUT2D eigenvalue weighted by atomic mass is 28.3. The minimum atomic E-state index is -1.44. The van der Waals surface area contributed by atoms with Crippen molar-refractivity contribution in [2.45, 2.75) is 39.2 Å². The van der Waals surface area contributed by atoms with Crippen LogP contribution in [0.4, 0.5) is 4.39 Å². The SMILES string of the molecule is CCO[SiH](CCCCc1cccc(F)c1)OCC. The fraction of sp³-hybridized carbons (Fsp3) is 0.571. The molecule has 4 heteroatoms. The highest BCUT2D eigenvalue weighted by Gasteiger charge is 2.11. The summed E-state index contributed by atoms with van der Waals surface area (Å²) in [6.07, 6.45) is 3.08. The summed E-state index contributed by atoms with van der Waals surface area (Å²) >= 11 is 0. The minimum absolute atomic E-state index is 0.150. The van der Waals surface area contributed by atoms with Gasteiger partial charge in [0.05, 0.1) is 0 Å². The second-order valence-electron chi connectivity index (χ2n) is 4.22. The molecule has 0 radical (unpaired) electrons. The lowest BCUT2D eigenvalue weighted by atomic mass is 10.1. The number of hydrogen-bond donors (Lipinski definition) is 0. The molecule has 1 aromatic carbocycles. The zero-order chi connectivity index (χ0) is 13.2. The molecule has 0 aromatic heterocycles. The van der Waals surface area contributed by atoms with E-state index in [-0.39, 0.29) is 5.82 Å². The average molecular weight is 270 g/mol. The maximum Gasteiger partial charge on any atom is 0.321 e. The molecule has 1 aromatic rings. The van der Waals surface area contributed by atoms with Crippen LogP contribution >= 0.6 is 0 Å². The van der Waals surface area contributed by atoms with Crippen molar-refractivity contribution in [3.63, 3.8) is 0 Å². The number of aryl methyl sites for hydroxylation is 1. The molecule has 18 heavy (non-hydrogen) atoms. The first-order valence-electron chi connectivity index (χ1n) is 6.74. The summed E-state index contributed by atoms with van der Waals surface area (Å²) in [5.74, 6) is -0.150. The number of halogens is 1. The molecule has 0 aliphatic rings. The Kier molecular flexibility index (Phi) is 7.88. The highest BCUT2D eigenvalue weighted by molar-refractivity contribution is 6.44. The summed E-state index contributed by atoms with van der Waals surface area (Å²) in [6, 6.07) is 7.87. The molecule has 1 rings (SSSR count). The van der Waals surface area contributed by atoms with Gasteiger partial charge in [0.25, 0.3) is 0 Å². The van der Waals surface area contributed by atoms with Gasteiger partial charge in [0.2, 0.25) is 0 Å². The topological polar surface area (TPSA) is 18.5 Å². The molecule has 0 aliphatic carbocycles. The molecule has 0 fully saturated rings. The van der Waals surface area contributed by atoms with E-state index < -0.39 is 9.28 Å². The van der Waals surface area contributed by atoms with Crippen LogP contribution in [-0.2, 0) is 15.3 Å². The van der Waals surface area contributed by atoms with Crippen molar-refractivity contribution in [3.8, 4) is 0 Å². The largest absolute Gasteiger partial charge is 0.397 e. The summed E-state index contributed by atoms with van der Waals surface area (Å²) in [6.45, 7) is 5.49. The van der Waals surface area contributed by atoms with Gasteiger partial charge in [0.1, 0.15) is 5.82 Å². The van der Waals surface area contributed by atoms with Crippen molar-refractivity contribution >= 4 is 9.28 Å². The van der Waals surface area contributed by atoms with Crippen molar-refractivity contribution in [2.75, 3.05) is 13.2 Å². The van der Waals surface area contributed by atoms with Gasteiger partial charge >= 0.3 is 9.28 Å². The molecule has 0 atom stereocenters. The Morgan fingerprint density at radius 3 is 2.44 bits per heavy atom. The van der Waals surface area contributed by atoms with Crippen LogP contribution in [0.5, 0.6) is 0 Å². The predicted octanol–water partition coefficient (Wildman–Crippen LogP) is 3.44. The van der Waals surface area contributed by atoms with E-state index in [9.17, 15) is 4.39 Å². The van der Waals surface area contributed by atoms with Gasteiger partial charge in [0.15, 0.2) is 0 Å². The van der Waals surface area contributed by atoms with E-state index in [2.05, 4.69) is 0 Å². The molecule has 0 unspecified atom stereocenters. The van der Waals surface area contributed by atoms with Gasteiger partial charge < -0.3 is 8.85 Å². The molecular formula is C14H23FO2Si. The van der Waals surface area contributed by atoms with Crippen molar-refractivity contribution < 1.29 is 13.2 Å². The lowest BCUT2D eigenvalue weighted by Gasteiger charge is -2.14. The van der Waals surface area contributed by atoms with Crippen LogP contribution in [0.25, 0.3) is 0 Å². The predicted molar refractivity (Wildman–Crippen MR) is 74.5 cm³/mol. The van der Waals surface area contributed by atoms with E-state index >= 15 is 0 Å². The van der Waals surface area contributed by atoms with E-state index in [0.717, 1.165) is 44.1 Å². The Labute approximate surface area is 111 Å². The third-order valence-electron chi connectivity index (χ3n) is 2.75. The van der Waals surface area contributed by atoms with Crippen LogP contribution < -0.4 is 0 Å². The Bertz CT molecular complexity index is 327. The van der Waals surface area contributed by atoms with Gasteiger partial charge in [-0.1, -0.05) is 18.6 Å². The van der Waals surface area contributed by atoms with Crippen LogP contribution in [0.2, 0.25) is 6.04 Å². The minimum Gasteiger partial charge on any atom is -0.397 e. The maximum atomic E-state index is 13.0. The van der Waals surface area contributed by atoms with Gasteiger partial charge in [-0.2, -0.15) is 0 Å². The van der Waals surface area contributed by atoms with Gasteiger partial charge in [-0.25, -0.2) is 4.39 Å². The van der Waals surface area contributed by atoms with E-state index in [1.807, 2.05) is 19.9 Å². The molecule has 0 heterocycles. The summed E-state index contributed by atoms with van der Waals surface area (Å²) in [5, 5.41) is 0. The molecule has 0 bridgehead atoms. The monoisotopic (exact) mass is 270 g/mol. The van der Waals surface area contributed by atoms with E-state index in [1.165, 1.54) is 6.07 Å². The molecular weight excluding hydrogens is 247 g/mol. The Morgan fingerprint density at radius 2 is 1.83 bits per heavy atom. The van der Waals surface area contributed by atoms with Crippen LogP contribution in [0, 0.1) is 5.82 Å². The van der Waals surface area contributed by atoms with Crippen LogP contribution in [0.15, 0.2) is 24.3 Å². The standard InChI is InChI=1S/C14H23FO2Si/c1-3-16-18(17-4-2)11-6-5-8-13-9-7-10-14(15)12-13/h7,9-10,12,18H,3-6,8,11H2,1-2H3. The highest BCUT2D eigenvalue weighted by Crippen LogP contribution is 2.11. The normalized spacial score (nSPS) is 11.1. The third kappa shape index (κ3) is 6.28. The quantitative estimate of drug-likeness (QED) is 0.505. The first-order valence-corrected chi connectivity index (χ1v) is 8.49. The molecule has 0 saturated carbocycles. The fourth-order valence-corrected chi connectivity index (χ4v) is 3.71. The number of unbranched alkanes of at least 4 members (excludes halogenated alkanes) is 1. The van der Waals surface area contributed by atoms with E-state index in [1.54, 1.807) is 12.1 Å². The van der Waals surface area contributed by atoms with Gasteiger partial charge in [0, 0.05) is 13.2 Å². The molecule has 0 amide bonds. The van der Waals surface area contributed by atoms with E-state index in [4.69, 9.17) is 8.85 Å². The van der Waals surface area contributed by atoms with Crippen molar-refractivity contribution in [1.29, 1.82) is 0 Å². The molecule has 102 valence electrons. The molecule has 2 nitrogen and oxygen atoms in total. The van der Waals surface area contributed by atoms with Crippen molar-refractivity contribution in [1.82, 2.24) is 0 Å². The number of hydrogen-bond acceptors (Lipinski definition) is 2. The second kappa shape index (κ2) is 9.25. The van der Waals surface area contributed by atoms with Gasteiger partial charge in [-0.05, 0) is 50.4 Å². The molecule has 0 N–H and O–H groups in total. The van der Waals surface area contributed by atoms with Crippen LogP contribution in [0.3, 0.4) is 0 Å². The lowest BCUT2D eigenvalue weighted by molar-refractivity contribution is 0.212. The average Bonchev–Trinajstić information content (AvgIpc) is 2.35. The van der Waals surface area contributed by atoms with Crippen molar-refractivity contribution in [2.24, 2.45) is 0 Å². The fourth-order valence-electron chi connectivity index (χ4n) is 1.92. The van der Waals surface area contributed by atoms with Crippen LogP contribution in [0.1, 0.15) is 32.3 Å². The summed E-state index contributed by atoms with van der Waals surface area (Å²) in [4.78, 5) is 0. The Balaban J connectivity index is 2.20. The summed E-state index contributed by atoms with van der Waals surface area (Å²) < 4.78 is 24.2. The zero-order valence-corrected chi connectivity index (χ0v) is 12.5. The first kappa shape index (κ1) is 15.3. The van der Waals surface area contributed by atoms with Gasteiger partial charge in [-0.15, -0.1) is 0 Å². The van der Waals surface area contributed by atoms with Crippen LogP contribution in [-0.4, -0.2) is 22.5 Å². The molecule has 0 spiro atoms. The first-order chi connectivity index (χ1) is 8.76. The Morgan fingerprint density at radius 1 is 1.11 bits per heavy atom.